The van der Waals surface area contributed by atoms with E-state index in [4.69, 9.17) is 0 Å². The number of halogens is 1. The van der Waals surface area contributed by atoms with Crippen LogP contribution in [0, 0.1) is 5.82 Å². The second kappa shape index (κ2) is 5.45. The first-order valence-corrected chi connectivity index (χ1v) is 6.34. The topological polar surface area (TPSA) is 28.2 Å². The van der Waals surface area contributed by atoms with E-state index in [-0.39, 0.29) is 5.82 Å². The van der Waals surface area contributed by atoms with Crippen LogP contribution in [0.25, 0.3) is 0 Å². The lowest BCUT2D eigenvalue weighted by Crippen LogP contribution is -2.28. The van der Waals surface area contributed by atoms with Gasteiger partial charge in [0.2, 0.25) is 0 Å². The monoisotopic (exact) mass is 237 g/mol. The minimum atomic E-state index is -0.165. The van der Waals surface area contributed by atoms with Gasteiger partial charge >= 0.3 is 0 Å². The summed E-state index contributed by atoms with van der Waals surface area (Å²) in [5, 5.41) is 3.15. The van der Waals surface area contributed by atoms with Crippen molar-refractivity contribution in [3.05, 3.63) is 23.6 Å². The van der Waals surface area contributed by atoms with Crippen molar-refractivity contribution in [2.75, 3.05) is 18.0 Å². The molecule has 1 aliphatic heterocycles. The molecule has 0 radical (unpaired) electrons. The molecule has 94 valence electrons. The van der Waals surface area contributed by atoms with Gasteiger partial charge in [-0.15, -0.1) is 0 Å². The maximum atomic E-state index is 14.3. The molecule has 2 heterocycles. The average Bonchev–Trinajstić information content (AvgIpc) is 2.74. The molecular weight excluding hydrogens is 217 g/mol. The van der Waals surface area contributed by atoms with Crippen molar-refractivity contribution in [2.24, 2.45) is 0 Å². The van der Waals surface area contributed by atoms with Gasteiger partial charge in [0.05, 0.1) is 0 Å². The summed E-state index contributed by atoms with van der Waals surface area (Å²) in [5.41, 5.74) is 0.705. The van der Waals surface area contributed by atoms with Crippen molar-refractivity contribution in [1.82, 2.24) is 10.3 Å². The van der Waals surface area contributed by atoms with Crippen LogP contribution in [-0.2, 0) is 6.54 Å². The minimum Gasteiger partial charge on any atom is -0.351 e. The molecule has 0 aromatic carbocycles. The van der Waals surface area contributed by atoms with Crippen molar-refractivity contribution < 1.29 is 4.39 Å². The lowest BCUT2D eigenvalue weighted by Gasteiger charge is -2.23. The van der Waals surface area contributed by atoms with Crippen LogP contribution in [0.5, 0.6) is 0 Å². The molecule has 1 fully saturated rings. The Kier molecular flexibility index (Phi) is 3.94. The van der Waals surface area contributed by atoms with Crippen molar-refractivity contribution in [3.8, 4) is 0 Å². The van der Waals surface area contributed by atoms with E-state index >= 15 is 0 Å². The Morgan fingerprint density at radius 3 is 3.06 bits per heavy atom. The van der Waals surface area contributed by atoms with Gasteiger partial charge in [0.25, 0.3) is 0 Å². The fourth-order valence-corrected chi connectivity index (χ4v) is 2.32. The maximum absolute atomic E-state index is 14.3. The average molecular weight is 237 g/mol. The lowest BCUT2D eigenvalue weighted by molar-refractivity contribution is 0.576. The highest BCUT2D eigenvalue weighted by Gasteiger charge is 2.24. The number of rotatable bonds is 4. The van der Waals surface area contributed by atoms with Crippen LogP contribution in [0.3, 0.4) is 0 Å². The third kappa shape index (κ3) is 2.57. The third-order valence-corrected chi connectivity index (χ3v) is 3.34. The molecule has 3 nitrogen and oxygen atoms in total. The summed E-state index contributed by atoms with van der Waals surface area (Å²) >= 11 is 0. The first-order valence-electron chi connectivity index (χ1n) is 6.34. The molecule has 1 N–H and O–H groups in total. The van der Waals surface area contributed by atoms with Gasteiger partial charge in [-0.25, -0.2) is 9.37 Å². The summed E-state index contributed by atoms with van der Waals surface area (Å²) in [6.07, 6.45) is 3.95. The molecule has 1 aromatic heterocycles. The van der Waals surface area contributed by atoms with Gasteiger partial charge in [0.15, 0.2) is 11.6 Å². The molecule has 2 rings (SSSR count). The number of pyridine rings is 1. The molecule has 0 aliphatic carbocycles. The van der Waals surface area contributed by atoms with Gasteiger partial charge in [0, 0.05) is 30.9 Å². The summed E-state index contributed by atoms with van der Waals surface area (Å²) in [7, 11) is 0. The van der Waals surface area contributed by atoms with E-state index in [0.29, 0.717) is 24.0 Å². The highest BCUT2D eigenvalue weighted by molar-refractivity contribution is 5.45. The van der Waals surface area contributed by atoms with Crippen molar-refractivity contribution in [1.29, 1.82) is 0 Å². The van der Waals surface area contributed by atoms with Gasteiger partial charge < -0.3 is 10.2 Å². The van der Waals surface area contributed by atoms with Crippen LogP contribution in [0.15, 0.2) is 12.3 Å². The van der Waals surface area contributed by atoms with Gasteiger partial charge in [-0.2, -0.15) is 0 Å². The Morgan fingerprint density at radius 1 is 1.59 bits per heavy atom. The molecule has 17 heavy (non-hydrogen) atoms. The van der Waals surface area contributed by atoms with E-state index in [2.05, 4.69) is 22.1 Å². The second-order valence-electron chi connectivity index (χ2n) is 4.57. The van der Waals surface area contributed by atoms with Gasteiger partial charge in [-0.1, -0.05) is 6.92 Å². The van der Waals surface area contributed by atoms with Gasteiger partial charge in [-0.05, 0) is 32.4 Å². The molecule has 1 aromatic rings. The molecule has 1 atom stereocenters. The Hall–Kier alpha value is -1.16. The number of hydrogen-bond donors (Lipinski definition) is 1. The molecule has 4 heteroatoms. The highest BCUT2D eigenvalue weighted by atomic mass is 19.1. The molecule has 0 saturated carbocycles. The van der Waals surface area contributed by atoms with Crippen LogP contribution >= 0.6 is 0 Å². The standard InChI is InChI=1S/C13H20FN3/c1-3-15-9-11-6-7-16-13(12(11)14)17-8-4-5-10(17)2/h6-7,10,15H,3-5,8-9H2,1-2H3. The Balaban J connectivity index is 2.22. The zero-order chi connectivity index (χ0) is 12.3. The highest BCUT2D eigenvalue weighted by Crippen LogP contribution is 2.27. The normalized spacial score (nSPS) is 19.9. The Bertz CT molecular complexity index is 381. The number of anilines is 1. The fraction of sp³-hybridized carbons (Fsp3) is 0.615. The minimum absolute atomic E-state index is 0.165. The third-order valence-electron chi connectivity index (χ3n) is 3.34. The zero-order valence-electron chi connectivity index (χ0n) is 10.5. The van der Waals surface area contributed by atoms with Gasteiger partial charge in [-0.3, -0.25) is 0 Å². The zero-order valence-corrected chi connectivity index (χ0v) is 10.5. The number of nitrogens with zero attached hydrogens (tertiary/aromatic N) is 2. The SMILES string of the molecule is CCNCc1ccnc(N2CCCC2C)c1F. The number of hydrogen-bond acceptors (Lipinski definition) is 3. The molecule has 0 amide bonds. The van der Waals surface area contributed by atoms with Crippen molar-refractivity contribution in [2.45, 2.75) is 39.3 Å². The first kappa shape index (κ1) is 12.3. The van der Waals surface area contributed by atoms with Crippen LogP contribution in [0.1, 0.15) is 32.3 Å². The summed E-state index contributed by atoms with van der Waals surface area (Å²) in [6.45, 7) is 6.47. The molecular formula is C13H20FN3. The predicted molar refractivity (Wildman–Crippen MR) is 67.6 cm³/mol. The van der Waals surface area contributed by atoms with E-state index in [0.717, 1.165) is 25.9 Å². The van der Waals surface area contributed by atoms with Crippen molar-refractivity contribution >= 4 is 5.82 Å². The summed E-state index contributed by atoms with van der Waals surface area (Å²) in [5.74, 6) is 0.354. The largest absolute Gasteiger partial charge is 0.351 e. The Labute approximate surface area is 102 Å². The van der Waals surface area contributed by atoms with E-state index in [1.807, 2.05) is 6.92 Å². The molecule has 0 bridgehead atoms. The van der Waals surface area contributed by atoms with Gasteiger partial charge in [0.1, 0.15) is 0 Å². The molecule has 1 aliphatic rings. The molecule has 1 unspecified atom stereocenters. The van der Waals surface area contributed by atoms with Crippen LogP contribution in [-0.4, -0.2) is 24.1 Å². The molecule has 0 spiro atoms. The first-order chi connectivity index (χ1) is 8.24. The van der Waals surface area contributed by atoms with Crippen LogP contribution < -0.4 is 10.2 Å². The molecule has 1 saturated heterocycles. The summed E-state index contributed by atoms with van der Waals surface area (Å²) in [4.78, 5) is 6.28. The summed E-state index contributed by atoms with van der Waals surface area (Å²) < 4.78 is 14.3. The summed E-state index contributed by atoms with van der Waals surface area (Å²) in [6, 6.07) is 2.15. The predicted octanol–water partition coefficient (Wildman–Crippen LogP) is 2.32. The quantitative estimate of drug-likeness (QED) is 0.871. The van der Waals surface area contributed by atoms with E-state index < -0.39 is 0 Å². The van der Waals surface area contributed by atoms with E-state index in [1.165, 1.54) is 0 Å². The van der Waals surface area contributed by atoms with E-state index in [1.54, 1.807) is 12.3 Å². The second-order valence-corrected chi connectivity index (χ2v) is 4.57. The van der Waals surface area contributed by atoms with Crippen LogP contribution in [0.4, 0.5) is 10.2 Å². The fourth-order valence-electron chi connectivity index (χ4n) is 2.32. The number of aromatic nitrogens is 1. The van der Waals surface area contributed by atoms with Crippen molar-refractivity contribution in [3.63, 3.8) is 0 Å². The lowest BCUT2D eigenvalue weighted by atomic mass is 10.2. The smallest absolute Gasteiger partial charge is 0.170 e. The van der Waals surface area contributed by atoms with E-state index in [9.17, 15) is 4.39 Å². The van der Waals surface area contributed by atoms with Crippen LogP contribution in [0.2, 0.25) is 0 Å². The maximum Gasteiger partial charge on any atom is 0.170 e. The Morgan fingerprint density at radius 2 is 2.41 bits per heavy atom. The number of nitrogens with one attached hydrogen (secondary N) is 1.